The van der Waals surface area contributed by atoms with E-state index in [0.29, 0.717) is 6.04 Å². The molecule has 2 nitrogen and oxygen atoms in total. The van der Waals surface area contributed by atoms with Crippen LogP contribution < -0.4 is 10.6 Å². The van der Waals surface area contributed by atoms with Gasteiger partial charge in [-0.25, -0.2) is 0 Å². The van der Waals surface area contributed by atoms with Crippen molar-refractivity contribution < 1.29 is 0 Å². The van der Waals surface area contributed by atoms with Crippen molar-refractivity contribution in [2.45, 2.75) is 45.6 Å². The van der Waals surface area contributed by atoms with E-state index in [1.54, 1.807) is 0 Å². The van der Waals surface area contributed by atoms with Crippen LogP contribution >= 0.6 is 0 Å². The first-order chi connectivity index (χ1) is 6.33. The Kier molecular flexibility index (Phi) is 5.40. The van der Waals surface area contributed by atoms with Gasteiger partial charge < -0.3 is 10.6 Å². The Balaban J connectivity index is 1.87. The molecule has 0 aromatic heterocycles. The summed E-state index contributed by atoms with van der Waals surface area (Å²) in [6.45, 7) is 8.21. The summed E-state index contributed by atoms with van der Waals surface area (Å²) in [5.41, 5.74) is 0. The zero-order valence-corrected chi connectivity index (χ0v) is 9.10. The van der Waals surface area contributed by atoms with Crippen molar-refractivity contribution in [2.24, 2.45) is 5.92 Å². The molecule has 1 rings (SSSR count). The highest BCUT2D eigenvalue weighted by Crippen LogP contribution is 2.05. The van der Waals surface area contributed by atoms with Gasteiger partial charge in [-0.2, -0.15) is 0 Å². The lowest BCUT2D eigenvalue weighted by Gasteiger charge is -2.28. The first kappa shape index (κ1) is 11.0. The van der Waals surface area contributed by atoms with Crippen LogP contribution in [0.3, 0.4) is 0 Å². The number of unbranched alkanes of at least 4 members (excludes halogenated alkanes) is 2. The first-order valence-electron chi connectivity index (χ1n) is 5.77. The Morgan fingerprint density at radius 3 is 2.69 bits per heavy atom. The summed E-state index contributed by atoms with van der Waals surface area (Å²) in [5, 5.41) is 6.90. The minimum atomic E-state index is 0.715. The summed E-state index contributed by atoms with van der Waals surface area (Å²) >= 11 is 0. The van der Waals surface area contributed by atoms with Crippen molar-refractivity contribution in [1.82, 2.24) is 10.6 Å². The standard InChI is InChI=1S/C11H24N2/c1-3-4-5-6-10(2)13-9-11-7-12-8-11/h10-13H,3-9H2,1-2H3. The lowest BCUT2D eigenvalue weighted by molar-refractivity contribution is 0.315. The SMILES string of the molecule is CCCCCC(C)NCC1CNC1. The van der Waals surface area contributed by atoms with Gasteiger partial charge in [0.05, 0.1) is 0 Å². The molecule has 2 heteroatoms. The summed E-state index contributed by atoms with van der Waals surface area (Å²) in [6.07, 6.45) is 5.44. The Morgan fingerprint density at radius 2 is 2.15 bits per heavy atom. The molecule has 13 heavy (non-hydrogen) atoms. The Bertz CT molecular complexity index is 121. The highest BCUT2D eigenvalue weighted by molar-refractivity contribution is 4.77. The number of hydrogen-bond acceptors (Lipinski definition) is 2. The number of nitrogens with one attached hydrogen (secondary N) is 2. The van der Waals surface area contributed by atoms with Gasteiger partial charge in [0.15, 0.2) is 0 Å². The monoisotopic (exact) mass is 184 g/mol. The Labute approximate surface area is 82.5 Å². The van der Waals surface area contributed by atoms with E-state index in [1.165, 1.54) is 45.3 Å². The van der Waals surface area contributed by atoms with Gasteiger partial charge in [0.1, 0.15) is 0 Å². The Hall–Kier alpha value is -0.0800. The van der Waals surface area contributed by atoms with E-state index in [9.17, 15) is 0 Å². The summed E-state index contributed by atoms with van der Waals surface area (Å²) in [6, 6.07) is 0.715. The molecule has 0 aliphatic carbocycles. The third kappa shape index (κ3) is 4.63. The van der Waals surface area contributed by atoms with Crippen molar-refractivity contribution >= 4 is 0 Å². The second-order valence-electron chi connectivity index (χ2n) is 4.33. The number of rotatable bonds is 7. The summed E-state index contributed by atoms with van der Waals surface area (Å²) in [4.78, 5) is 0. The maximum absolute atomic E-state index is 3.60. The molecule has 78 valence electrons. The van der Waals surface area contributed by atoms with Gasteiger partial charge in [-0.15, -0.1) is 0 Å². The van der Waals surface area contributed by atoms with Gasteiger partial charge in [0.2, 0.25) is 0 Å². The normalized spacial score (nSPS) is 19.8. The summed E-state index contributed by atoms with van der Waals surface area (Å²) < 4.78 is 0. The average Bonchev–Trinajstić information content (AvgIpc) is 2.02. The molecular weight excluding hydrogens is 160 g/mol. The zero-order chi connectivity index (χ0) is 9.52. The quantitative estimate of drug-likeness (QED) is 0.589. The van der Waals surface area contributed by atoms with Gasteiger partial charge in [0, 0.05) is 25.7 Å². The topological polar surface area (TPSA) is 24.1 Å². The first-order valence-corrected chi connectivity index (χ1v) is 5.77. The molecule has 1 fully saturated rings. The van der Waals surface area contributed by atoms with Crippen LogP contribution in [0.4, 0.5) is 0 Å². The molecule has 1 atom stereocenters. The van der Waals surface area contributed by atoms with E-state index < -0.39 is 0 Å². The van der Waals surface area contributed by atoms with Gasteiger partial charge in [-0.05, 0) is 19.3 Å². The smallest absolute Gasteiger partial charge is 0.00388 e. The molecule has 1 saturated heterocycles. The summed E-state index contributed by atoms with van der Waals surface area (Å²) in [5.74, 6) is 0.897. The van der Waals surface area contributed by atoms with Gasteiger partial charge in [-0.1, -0.05) is 26.2 Å². The van der Waals surface area contributed by atoms with Crippen molar-refractivity contribution in [2.75, 3.05) is 19.6 Å². The van der Waals surface area contributed by atoms with Crippen LogP contribution in [-0.4, -0.2) is 25.7 Å². The molecule has 0 radical (unpaired) electrons. The zero-order valence-electron chi connectivity index (χ0n) is 9.10. The fraction of sp³-hybridized carbons (Fsp3) is 1.00. The van der Waals surface area contributed by atoms with E-state index in [0.717, 1.165) is 5.92 Å². The maximum Gasteiger partial charge on any atom is 0.00388 e. The molecule has 0 aromatic rings. The third-order valence-electron chi connectivity index (χ3n) is 2.86. The van der Waals surface area contributed by atoms with E-state index in [2.05, 4.69) is 24.5 Å². The van der Waals surface area contributed by atoms with Crippen molar-refractivity contribution in [3.05, 3.63) is 0 Å². The van der Waals surface area contributed by atoms with Crippen LogP contribution in [0, 0.1) is 5.92 Å². The average molecular weight is 184 g/mol. The summed E-state index contributed by atoms with van der Waals surface area (Å²) in [7, 11) is 0. The molecule has 1 heterocycles. The molecule has 0 bridgehead atoms. The molecule has 0 saturated carbocycles. The van der Waals surface area contributed by atoms with Crippen LogP contribution in [0.1, 0.15) is 39.5 Å². The molecule has 2 N–H and O–H groups in total. The van der Waals surface area contributed by atoms with E-state index in [1.807, 2.05) is 0 Å². The fourth-order valence-electron chi connectivity index (χ4n) is 1.66. The van der Waals surface area contributed by atoms with Gasteiger partial charge in [-0.3, -0.25) is 0 Å². The van der Waals surface area contributed by atoms with Crippen molar-refractivity contribution in [3.8, 4) is 0 Å². The molecule has 1 aliphatic rings. The largest absolute Gasteiger partial charge is 0.316 e. The highest BCUT2D eigenvalue weighted by Gasteiger charge is 2.16. The van der Waals surface area contributed by atoms with Crippen molar-refractivity contribution in [1.29, 1.82) is 0 Å². The van der Waals surface area contributed by atoms with E-state index >= 15 is 0 Å². The molecular formula is C11H24N2. The lowest BCUT2D eigenvalue weighted by atomic mass is 10.0. The second kappa shape index (κ2) is 6.39. The van der Waals surface area contributed by atoms with Gasteiger partial charge in [0.25, 0.3) is 0 Å². The van der Waals surface area contributed by atoms with Gasteiger partial charge >= 0.3 is 0 Å². The lowest BCUT2D eigenvalue weighted by Crippen LogP contribution is -2.48. The molecule has 0 amide bonds. The minimum absolute atomic E-state index is 0.715. The predicted molar refractivity (Wildman–Crippen MR) is 58.0 cm³/mol. The van der Waals surface area contributed by atoms with Crippen molar-refractivity contribution in [3.63, 3.8) is 0 Å². The minimum Gasteiger partial charge on any atom is -0.316 e. The predicted octanol–water partition coefficient (Wildman–Crippen LogP) is 1.76. The maximum atomic E-state index is 3.60. The number of hydrogen-bond donors (Lipinski definition) is 2. The van der Waals surface area contributed by atoms with Crippen LogP contribution in [0.5, 0.6) is 0 Å². The molecule has 0 spiro atoms. The third-order valence-corrected chi connectivity index (χ3v) is 2.86. The van der Waals surface area contributed by atoms with Crippen LogP contribution in [0.2, 0.25) is 0 Å². The highest BCUT2D eigenvalue weighted by atomic mass is 15.0. The van der Waals surface area contributed by atoms with E-state index in [4.69, 9.17) is 0 Å². The van der Waals surface area contributed by atoms with Crippen LogP contribution in [0.15, 0.2) is 0 Å². The molecule has 0 aromatic carbocycles. The van der Waals surface area contributed by atoms with Crippen LogP contribution in [-0.2, 0) is 0 Å². The second-order valence-corrected chi connectivity index (χ2v) is 4.33. The fourth-order valence-corrected chi connectivity index (χ4v) is 1.66. The Morgan fingerprint density at radius 1 is 1.38 bits per heavy atom. The van der Waals surface area contributed by atoms with E-state index in [-0.39, 0.29) is 0 Å². The molecule has 1 aliphatic heterocycles. The van der Waals surface area contributed by atoms with Crippen LogP contribution in [0.25, 0.3) is 0 Å². The molecule has 1 unspecified atom stereocenters.